The lowest BCUT2D eigenvalue weighted by molar-refractivity contribution is -0.107. The van der Waals surface area contributed by atoms with Gasteiger partial charge in [-0.1, -0.05) is 41.4 Å². The van der Waals surface area contributed by atoms with E-state index in [1.807, 2.05) is 73.5 Å². The lowest BCUT2D eigenvalue weighted by Crippen LogP contribution is -2.30. The van der Waals surface area contributed by atoms with E-state index in [1.165, 1.54) is 5.56 Å². The van der Waals surface area contributed by atoms with Crippen LogP contribution in [0.2, 0.25) is 10.0 Å². The lowest BCUT2D eigenvalue weighted by atomic mass is 9.98. The molecule has 3 heterocycles. The van der Waals surface area contributed by atoms with Crippen molar-refractivity contribution in [2.24, 2.45) is 12.8 Å². The van der Waals surface area contributed by atoms with Gasteiger partial charge in [-0.3, -0.25) is 14.3 Å². The first kappa shape index (κ1) is 38.9. The molecular weight excluding hydrogens is 723 g/mol. The van der Waals surface area contributed by atoms with Crippen LogP contribution in [0.4, 0.5) is 5.69 Å². The Morgan fingerprint density at radius 2 is 1.70 bits per heavy atom. The molecule has 6 aromatic rings. The highest BCUT2D eigenvalue weighted by atomic mass is 35.5. The molecule has 1 atom stereocenters. The predicted octanol–water partition coefficient (Wildman–Crippen LogP) is 8.83. The maximum absolute atomic E-state index is 13.1. The Morgan fingerprint density at radius 1 is 0.981 bits per heavy atom. The average molecular weight is 772 g/mol. The summed E-state index contributed by atoms with van der Waals surface area (Å²) in [7, 11) is 3.55. The molecule has 0 aliphatic heterocycles. The average Bonchev–Trinajstić information content (AvgIpc) is 3.74. The van der Waals surface area contributed by atoms with Crippen LogP contribution in [-0.2, 0) is 29.5 Å². The minimum Gasteiger partial charge on any atom is -0.494 e. The highest BCUT2D eigenvalue weighted by molar-refractivity contribution is 6.35. The summed E-state index contributed by atoms with van der Waals surface area (Å²) in [4.78, 5) is 27.3. The summed E-state index contributed by atoms with van der Waals surface area (Å²) < 4.78 is 17.6. The third-order valence-corrected chi connectivity index (χ3v) is 11.4. The molecule has 0 radical (unpaired) electrons. The second-order valence-corrected chi connectivity index (χ2v) is 14.9. The maximum Gasteiger partial charge on any atom is 0.265 e. The zero-order valence-electron chi connectivity index (χ0n) is 32.2. The summed E-state index contributed by atoms with van der Waals surface area (Å²) in [5.41, 5.74) is 16.6. The first-order valence-corrected chi connectivity index (χ1v) is 18.9. The number of methoxy groups -OCH3 is 1. The van der Waals surface area contributed by atoms with Gasteiger partial charge in [-0.05, 0) is 101 Å². The van der Waals surface area contributed by atoms with Gasteiger partial charge in [0.15, 0.2) is 0 Å². The van der Waals surface area contributed by atoms with E-state index in [0.717, 1.165) is 91.2 Å². The number of para-hydroxylation sites is 1. The summed E-state index contributed by atoms with van der Waals surface area (Å²) >= 11 is 13.5. The second-order valence-electron chi connectivity index (χ2n) is 14.1. The van der Waals surface area contributed by atoms with Crippen LogP contribution in [0.5, 0.6) is 5.75 Å². The van der Waals surface area contributed by atoms with E-state index in [9.17, 15) is 9.59 Å². The van der Waals surface area contributed by atoms with E-state index in [1.54, 1.807) is 18.1 Å². The van der Waals surface area contributed by atoms with Gasteiger partial charge in [0.2, 0.25) is 6.41 Å². The van der Waals surface area contributed by atoms with Crippen molar-refractivity contribution in [2.75, 3.05) is 31.8 Å². The predicted molar refractivity (Wildman–Crippen MR) is 219 cm³/mol. The topological polar surface area (TPSA) is 110 Å². The molecule has 2 N–H and O–H groups in total. The molecule has 0 bridgehead atoms. The first-order chi connectivity index (χ1) is 25.8. The molecule has 54 heavy (non-hydrogen) atoms. The number of hydrogen-bond donors (Lipinski definition) is 1. The number of halogens is 2. The SMILES string of the molecule is COCCn1c(C(N)=O)cc2cccc(N(C=O)C[C@@H](C)n3c(C)c(CCCOc4cc(C)c(Cl)c(C)c4)c4ccc(Cl)c(-c5c(C)nn(C)c5C)c43)c21. The van der Waals surface area contributed by atoms with Crippen LogP contribution >= 0.6 is 23.2 Å². The fraction of sp³-hybridized carbons (Fsp3) is 0.357. The Labute approximate surface area is 326 Å². The number of amides is 2. The smallest absolute Gasteiger partial charge is 0.265 e. The highest BCUT2D eigenvalue weighted by Gasteiger charge is 2.27. The normalized spacial score (nSPS) is 12.2. The minimum atomic E-state index is -0.546. The van der Waals surface area contributed by atoms with Gasteiger partial charge in [-0.25, -0.2) is 0 Å². The summed E-state index contributed by atoms with van der Waals surface area (Å²) in [5.74, 6) is 0.259. The van der Waals surface area contributed by atoms with Crippen molar-refractivity contribution in [3.8, 4) is 16.9 Å². The molecule has 3 aromatic heterocycles. The van der Waals surface area contributed by atoms with Crippen LogP contribution in [0.1, 0.15) is 63.6 Å². The number of carbonyl (C=O) groups is 2. The number of primary amides is 1. The molecule has 2 amide bonds. The number of hydrogen-bond acceptors (Lipinski definition) is 5. The van der Waals surface area contributed by atoms with Crippen molar-refractivity contribution in [3.63, 3.8) is 0 Å². The Hall–Kier alpha value is -4.77. The number of ether oxygens (including phenoxy) is 2. The Bertz CT molecular complexity index is 2370. The molecule has 10 nitrogen and oxygen atoms in total. The van der Waals surface area contributed by atoms with E-state index >= 15 is 0 Å². The standard InChI is InChI=1S/C42H48Cl2N6O4/c1-24-19-31(20-25(2)39(24)44)54-17-10-12-32-28(5)50(41-33(32)14-15-34(43)38(41)37-27(4)46-47(7)29(37)6)26(3)22-48(23-51)35-13-9-11-30-21-36(42(45)52)49(40(30)35)16-18-53-8/h9,11,13-15,19-21,23,26H,10,12,16-18,22H2,1-8H3,(H2,45,52)/t26-/m1/s1. The van der Waals surface area contributed by atoms with Crippen molar-refractivity contribution in [1.29, 1.82) is 0 Å². The molecule has 0 unspecified atom stereocenters. The van der Waals surface area contributed by atoms with Gasteiger partial charge >= 0.3 is 0 Å². The fourth-order valence-corrected chi connectivity index (χ4v) is 8.31. The Kier molecular flexibility index (Phi) is 11.5. The van der Waals surface area contributed by atoms with Crippen LogP contribution in [0.15, 0.2) is 48.5 Å². The van der Waals surface area contributed by atoms with Gasteiger partial charge in [0.05, 0.1) is 40.7 Å². The first-order valence-electron chi connectivity index (χ1n) is 18.1. The molecule has 0 aliphatic carbocycles. The van der Waals surface area contributed by atoms with E-state index in [-0.39, 0.29) is 6.04 Å². The van der Waals surface area contributed by atoms with Crippen molar-refractivity contribution in [1.82, 2.24) is 18.9 Å². The van der Waals surface area contributed by atoms with Crippen LogP contribution < -0.4 is 15.4 Å². The molecule has 0 saturated carbocycles. The van der Waals surface area contributed by atoms with Crippen LogP contribution in [0.3, 0.4) is 0 Å². The Morgan fingerprint density at radius 3 is 2.33 bits per heavy atom. The number of nitrogens with two attached hydrogens (primary N) is 1. The summed E-state index contributed by atoms with van der Waals surface area (Å²) in [6.07, 6.45) is 2.39. The number of aryl methyl sites for hydroxylation is 5. The van der Waals surface area contributed by atoms with E-state index in [4.69, 9.17) is 43.5 Å². The molecule has 6 rings (SSSR count). The number of nitrogens with zero attached hydrogens (tertiary/aromatic N) is 5. The van der Waals surface area contributed by atoms with Gasteiger partial charge in [0.25, 0.3) is 5.91 Å². The molecule has 0 spiro atoms. The van der Waals surface area contributed by atoms with Crippen molar-refractivity contribution < 1.29 is 19.1 Å². The van der Waals surface area contributed by atoms with Gasteiger partial charge in [0, 0.05) is 71.6 Å². The van der Waals surface area contributed by atoms with Crippen molar-refractivity contribution in [3.05, 3.63) is 98.0 Å². The summed E-state index contributed by atoms with van der Waals surface area (Å²) in [6.45, 7) is 13.9. The molecule has 3 aromatic carbocycles. The van der Waals surface area contributed by atoms with Crippen LogP contribution in [0.25, 0.3) is 32.9 Å². The van der Waals surface area contributed by atoms with E-state index in [2.05, 4.69) is 31.4 Å². The van der Waals surface area contributed by atoms with Gasteiger partial charge < -0.3 is 29.2 Å². The quantitative estimate of drug-likeness (QED) is 0.0829. The minimum absolute atomic E-state index is 0.203. The van der Waals surface area contributed by atoms with Gasteiger partial charge in [-0.2, -0.15) is 5.10 Å². The molecule has 284 valence electrons. The zero-order valence-corrected chi connectivity index (χ0v) is 33.7. The summed E-state index contributed by atoms with van der Waals surface area (Å²) in [6, 6.07) is 15.3. The number of carbonyl (C=O) groups excluding carboxylic acids is 2. The van der Waals surface area contributed by atoms with Gasteiger partial charge in [0.1, 0.15) is 11.4 Å². The lowest BCUT2D eigenvalue weighted by Gasteiger charge is -2.27. The second kappa shape index (κ2) is 15.9. The largest absolute Gasteiger partial charge is 0.494 e. The van der Waals surface area contributed by atoms with Crippen LogP contribution in [0, 0.1) is 34.6 Å². The maximum atomic E-state index is 13.1. The zero-order chi connectivity index (χ0) is 39.0. The highest BCUT2D eigenvalue weighted by Crippen LogP contribution is 2.43. The molecular formula is C42H48Cl2N6O4. The number of benzene rings is 3. The Balaban J connectivity index is 1.44. The monoisotopic (exact) mass is 770 g/mol. The number of aromatic nitrogens is 4. The third-order valence-electron chi connectivity index (χ3n) is 10.5. The van der Waals surface area contributed by atoms with Gasteiger partial charge in [-0.15, -0.1) is 0 Å². The third kappa shape index (κ3) is 7.10. The molecule has 0 aliphatic rings. The fourth-order valence-electron chi connectivity index (χ4n) is 7.96. The number of fused-ring (bicyclic) bond motifs is 2. The molecule has 0 saturated heterocycles. The van der Waals surface area contributed by atoms with E-state index in [0.29, 0.717) is 42.7 Å². The molecule has 0 fully saturated rings. The summed E-state index contributed by atoms with van der Waals surface area (Å²) in [5, 5.41) is 8.04. The number of anilines is 1. The van der Waals surface area contributed by atoms with Crippen LogP contribution in [-0.4, -0.2) is 58.1 Å². The van der Waals surface area contributed by atoms with Crippen molar-refractivity contribution in [2.45, 2.75) is 67.0 Å². The number of rotatable bonds is 15. The van der Waals surface area contributed by atoms with E-state index < -0.39 is 5.91 Å². The van der Waals surface area contributed by atoms with Crippen molar-refractivity contribution >= 4 is 63.0 Å². The molecule has 12 heteroatoms.